The van der Waals surface area contributed by atoms with Crippen molar-refractivity contribution in [3.05, 3.63) is 15.3 Å². The number of hydrogen-bond donors (Lipinski definition) is 1. The molecular weight excluding hydrogens is 360 g/mol. The first kappa shape index (κ1) is 20.2. The highest BCUT2D eigenvalue weighted by molar-refractivity contribution is 7.16. The molecule has 0 aliphatic carbocycles. The first-order chi connectivity index (χ1) is 12.5. The van der Waals surface area contributed by atoms with Gasteiger partial charge in [-0.3, -0.25) is 9.69 Å². The first-order valence-electron chi connectivity index (χ1n) is 8.38. The van der Waals surface area contributed by atoms with E-state index in [0.717, 1.165) is 37.3 Å². The summed E-state index contributed by atoms with van der Waals surface area (Å²) >= 11 is 0.858. The van der Waals surface area contributed by atoms with Gasteiger partial charge in [-0.2, -0.15) is 0 Å². The van der Waals surface area contributed by atoms with Gasteiger partial charge in [0.05, 0.1) is 21.3 Å². The SMILES string of the molecule is CCN1CCCC1CNC(=O)c1sc(C(=O)OC)c(C(=O)OC)c1OC. The van der Waals surface area contributed by atoms with Gasteiger partial charge in [0.25, 0.3) is 5.91 Å². The number of nitrogens with one attached hydrogen (secondary N) is 1. The molecule has 0 bridgehead atoms. The Kier molecular flexibility index (Phi) is 6.98. The first-order valence-corrected chi connectivity index (χ1v) is 9.19. The minimum Gasteiger partial charge on any atom is -0.494 e. The van der Waals surface area contributed by atoms with Gasteiger partial charge in [0.2, 0.25) is 0 Å². The maximum atomic E-state index is 12.7. The summed E-state index contributed by atoms with van der Waals surface area (Å²) in [5, 5.41) is 2.88. The zero-order valence-corrected chi connectivity index (χ0v) is 16.2. The van der Waals surface area contributed by atoms with Crippen LogP contribution in [-0.2, 0) is 9.47 Å². The fourth-order valence-electron chi connectivity index (χ4n) is 3.12. The van der Waals surface area contributed by atoms with Crippen molar-refractivity contribution >= 4 is 29.2 Å². The molecular formula is C17H24N2O6S. The molecule has 2 heterocycles. The van der Waals surface area contributed by atoms with Crippen molar-refractivity contribution in [2.45, 2.75) is 25.8 Å². The topological polar surface area (TPSA) is 94.2 Å². The lowest BCUT2D eigenvalue weighted by Gasteiger charge is -2.22. The number of likely N-dealkylation sites (N-methyl/N-ethyl adjacent to an activating group) is 1. The van der Waals surface area contributed by atoms with Crippen LogP contribution in [0.4, 0.5) is 0 Å². The Morgan fingerprint density at radius 1 is 1.15 bits per heavy atom. The number of carbonyl (C=O) groups is 3. The number of esters is 2. The number of likely N-dealkylation sites (tertiary alicyclic amines) is 1. The van der Waals surface area contributed by atoms with Crippen LogP contribution < -0.4 is 10.1 Å². The highest BCUT2D eigenvalue weighted by atomic mass is 32.1. The molecule has 0 saturated carbocycles. The molecule has 1 aromatic rings. The molecule has 1 aromatic heterocycles. The third-order valence-corrected chi connectivity index (χ3v) is 5.59. The lowest BCUT2D eigenvalue weighted by atomic mass is 10.2. The van der Waals surface area contributed by atoms with Crippen molar-refractivity contribution in [3.8, 4) is 5.75 Å². The molecule has 1 N–H and O–H groups in total. The molecule has 1 unspecified atom stereocenters. The number of rotatable bonds is 7. The summed E-state index contributed by atoms with van der Waals surface area (Å²) in [7, 11) is 3.73. The predicted molar refractivity (Wildman–Crippen MR) is 96.2 cm³/mol. The van der Waals surface area contributed by atoms with Crippen LogP contribution in [0.3, 0.4) is 0 Å². The quantitative estimate of drug-likeness (QED) is 0.713. The van der Waals surface area contributed by atoms with Gasteiger partial charge in [-0.25, -0.2) is 9.59 Å². The summed E-state index contributed by atoms with van der Waals surface area (Å²) in [5.41, 5.74) is -0.0898. The Bertz CT molecular complexity index is 687. The van der Waals surface area contributed by atoms with Gasteiger partial charge in [-0.15, -0.1) is 11.3 Å². The predicted octanol–water partition coefficient (Wildman–Crippen LogP) is 1.54. The van der Waals surface area contributed by atoms with Gasteiger partial charge >= 0.3 is 11.9 Å². The number of thiophene rings is 1. The van der Waals surface area contributed by atoms with Crippen LogP contribution in [0.25, 0.3) is 0 Å². The summed E-state index contributed by atoms with van der Waals surface area (Å²) in [6.45, 7) is 4.54. The van der Waals surface area contributed by atoms with E-state index in [0.29, 0.717) is 6.54 Å². The third-order valence-electron chi connectivity index (χ3n) is 4.44. The Balaban J connectivity index is 2.27. The Labute approximate surface area is 156 Å². The number of ether oxygens (including phenoxy) is 3. The summed E-state index contributed by atoms with van der Waals surface area (Å²) in [6, 6.07) is 0.287. The van der Waals surface area contributed by atoms with E-state index in [2.05, 4.69) is 17.1 Å². The molecule has 1 aliphatic heterocycles. The summed E-state index contributed by atoms with van der Waals surface area (Å²) in [4.78, 5) is 39.2. The largest absolute Gasteiger partial charge is 0.494 e. The van der Waals surface area contributed by atoms with Crippen molar-refractivity contribution in [1.82, 2.24) is 10.2 Å². The molecule has 1 amide bonds. The second-order valence-electron chi connectivity index (χ2n) is 5.79. The summed E-state index contributed by atoms with van der Waals surface area (Å²) in [6.07, 6.45) is 2.13. The number of methoxy groups -OCH3 is 3. The Morgan fingerprint density at radius 3 is 2.42 bits per heavy atom. The number of carbonyl (C=O) groups excluding carboxylic acids is 3. The molecule has 144 valence electrons. The fourth-order valence-corrected chi connectivity index (χ4v) is 4.21. The van der Waals surface area contributed by atoms with E-state index in [1.54, 1.807) is 0 Å². The lowest BCUT2D eigenvalue weighted by Crippen LogP contribution is -2.39. The van der Waals surface area contributed by atoms with E-state index in [1.807, 2.05) is 0 Å². The standard InChI is InChI=1S/C17H24N2O6S/c1-5-19-8-6-7-10(19)9-18-15(20)14-12(23-2)11(16(21)24-3)13(26-14)17(22)25-4/h10H,5-9H2,1-4H3,(H,18,20). The monoisotopic (exact) mass is 384 g/mol. The summed E-state index contributed by atoms with van der Waals surface area (Å²) < 4.78 is 14.7. The van der Waals surface area contributed by atoms with Crippen LogP contribution >= 0.6 is 11.3 Å². The molecule has 9 heteroatoms. The Hall–Kier alpha value is -2.13. The van der Waals surface area contributed by atoms with Crippen molar-refractivity contribution < 1.29 is 28.6 Å². The normalized spacial score (nSPS) is 17.0. The zero-order valence-electron chi connectivity index (χ0n) is 15.4. The van der Waals surface area contributed by atoms with E-state index < -0.39 is 17.8 Å². The molecule has 8 nitrogen and oxygen atoms in total. The molecule has 1 saturated heterocycles. The van der Waals surface area contributed by atoms with E-state index in [-0.39, 0.29) is 27.1 Å². The fraction of sp³-hybridized carbons (Fsp3) is 0.588. The molecule has 1 aliphatic rings. The molecule has 2 rings (SSSR count). The number of nitrogens with zero attached hydrogens (tertiary/aromatic N) is 1. The second kappa shape index (κ2) is 9.00. The van der Waals surface area contributed by atoms with Crippen LogP contribution in [0.2, 0.25) is 0 Å². The van der Waals surface area contributed by atoms with E-state index in [1.165, 1.54) is 21.3 Å². The van der Waals surface area contributed by atoms with Crippen LogP contribution in [0.15, 0.2) is 0 Å². The van der Waals surface area contributed by atoms with Crippen LogP contribution in [0, 0.1) is 0 Å². The molecule has 0 spiro atoms. The molecule has 26 heavy (non-hydrogen) atoms. The van der Waals surface area contributed by atoms with Crippen molar-refractivity contribution in [2.24, 2.45) is 0 Å². The van der Waals surface area contributed by atoms with Gasteiger partial charge in [0.1, 0.15) is 15.3 Å². The number of hydrogen-bond acceptors (Lipinski definition) is 8. The van der Waals surface area contributed by atoms with Crippen molar-refractivity contribution in [2.75, 3.05) is 41.0 Å². The van der Waals surface area contributed by atoms with Gasteiger partial charge in [0.15, 0.2) is 5.75 Å². The smallest absolute Gasteiger partial charge is 0.349 e. The van der Waals surface area contributed by atoms with Gasteiger partial charge in [0, 0.05) is 12.6 Å². The van der Waals surface area contributed by atoms with E-state index in [9.17, 15) is 14.4 Å². The van der Waals surface area contributed by atoms with E-state index in [4.69, 9.17) is 14.2 Å². The van der Waals surface area contributed by atoms with Crippen LogP contribution in [-0.4, -0.2) is 69.8 Å². The minimum absolute atomic E-state index is 0.0163. The van der Waals surface area contributed by atoms with Crippen molar-refractivity contribution in [3.63, 3.8) is 0 Å². The number of amides is 1. The lowest BCUT2D eigenvalue weighted by molar-refractivity contribution is 0.0557. The average Bonchev–Trinajstić information content (AvgIpc) is 3.28. The third kappa shape index (κ3) is 3.99. The molecule has 1 fully saturated rings. The highest BCUT2D eigenvalue weighted by Gasteiger charge is 2.33. The van der Waals surface area contributed by atoms with Crippen molar-refractivity contribution in [1.29, 1.82) is 0 Å². The molecule has 0 radical (unpaired) electrons. The average molecular weight is 384 g/mol. The second-order valence-corrected chi connectivity index (χ2v) is 6.81. The Morgan fingerprint density at radius 2 is 1.85 bits per heavy atom. The molecule has 1 atom stereocenters. The minimum atomic E-state index is -0.759. The maximum Gasteiger partial charge on any atom is 0.349 e. The maximum absolute atomic E-state index is 12.7. The summed E-state index contributed by atoms with van der Waals surface area (Å²) in [5.74, 6) is -1.85. The highest BCUT2D eigenvalue weighted by Crippen LogP contribution is 2.36. The van der Waals surface area contributed by atoms with Gasteiger partial charge < -0.3 is 19.5 Å². The van der Waals surface area contributed by atoms with Gasteiger partial charge in [-0.05, 0) is 25.9 Å². The van der Waals surface area contributed by atoms with Gasteiger partial charge in [-0.1, -0.05) is 6.92 Å². The van der Waals surface area contributed by atoms with Crippen LogP contribution in [0.1, 0.15) is 49.5 Å². The molecule has 0 aromatic carbocycles. The zero-order chi connectivity index (χ0) is 19.3. The van der Waals surface area contributed by atoms with Crippen LogP contribution in [0.5, 0.6) is 5.75 Å². The van der Waals surface area contributed by atoms with E-state index >= 15 is 0 Å².